The minimum atomic E-state index is 0.312. The van der Waals surface area contributed by atoms with Crippen molar-refractivity contribution >= 4 is 5.95 Å². The molecule has 0 atom stereocenters. The molecule has 0 amide bonds. The van der Waals surface area contributed by atoms with Crippen molar-refractivity contribution in [1.82, 2.24) is 15.0 Å². The molecule has 0 fully saturated rings. The molecule has 0 aliphatic carbocycles. The Kier molecular flexibility index (Phi) is 9.24. The van der Waals surface area contributed by atoms with Gasteiger partial charge in [-0.3, -0.25) is 0 Å². The molecule has 0 bridgehead atoms. The fourth-order valence-electron chi connectivity index (χ4n) is 1.78. The molecular weight excluding hydrogens is 268 g/mol. The molecule has 0 aromatic carbocycles. The third kappa shape index (κ3) is 7.68. The summed E-state index contributed by atoms with van der Waals surface area (Å²) in [7, 11) is 0. The third-order valence-corrected chi connectivity index (χ3v) is 2.88. The molecule has 1 heterocycles. The molecule has 6 nitrogen and oxygen atoms in total. The Balaban J connectivity index is 2.48. The van der Waals surface area contributed by atoms with Crippen LogP contribution in [0.15, 0.2) is 0 Å². The summed E-state index contributed by atoms with van der Waals surface area (Å²) in [6.07, 6.45) is 6.99. The third-order valence-electron chi connectivity index (χ3n) is 2.88. The van der Waals surface area contributed by atoms with Gasteiger partial charge in [-0.2, -0.15) is 9.97 Å². The number of nitrogens with one attached hydrogen (secondary N) is 1. The second-order valence-electron chi connectivity index (χ2n) is 4.85. The lowest BCUT2D eigenvalue weighted by atomic mass is 10.2. The number of hydrogen-bond acceptors (Lipinski definition) is 6. The van der Waals surface area contributed by atoms with Crippen LogP contribution < -0.4 is 14.8 Å². The molecule has 0 radical (unpaired) electrons. The van der Waals surface area contributed by atoms with Gasteiger partial charge in [0, 0.05) is 6.54 Å². The molecule has 0 spiro atoms. The predicted molar refractivity (Wildman–Crippen MR) is 84.0 cm³/mol. The molecule has 1 aromatic heterocycles. The Hall–Kier alpha value is -1.59. The Bertz CT molecular complexity index is 388. The van der Waals surface area contributed by atoms with Gasteiger partial charge in [-0.1, -0.05) is 39.5 Å². The fourth-order valence-corrected chi connectivity index (χ4v) is 1.78. The van der Waals surface area contributed by atoms with Crippen LogP contribution in [0.5, 0.6) is 12.0 Å². The van der Waals surface area contributed by atoms with E-state index in [0.717, 1.165) is 19.4 Å². The normalized spacial score (nSPS) is 10.4. The monoisotopic (exact) mass is 296 g/mol. The largest absolute Gasteiger partial charge is 0.464 e. The zero-order valence-corrected chi connectivity index (χ0v) is 13.5. The quantitative estimate of drug-likeness (QED) is 0.596. The molecule has 1 N–H and O–H groups in total. The van der Waals surface area contributed by atoms with Gasteiger partial charge in [-0.15, -0.1) is 4.98 Å². The van der Waals surface area contributed by atoms with Gasteiger partial charge in [-0.05, 0) is 19.8 Å². The van der Waals surface area contributed by atoms with Gasteiger partial charge >= 0.3 is 12.0 Å². The molecule has 1 aromatic rings. The average molecular weight is 296 g/mol. The second-order valence-corrected chi connectivity index (χ2v) is 4.85. The number of unbranched alkanes of at least 4 members (excludes halogenated alkanes) is 4. The van der Waals surface area contributed by atoms with Crippen LogP contribution in [0, 0.1) is 0 Å². The minimum absolute atomic E-state index is 0.312. The van der Waals surface area contributed by atoms with Gasteiger partial charge in [0.1, 0.15) is 0 Å². The van der Waals surface area contributed by atoms with Crippen LogP contribution in [-0.4, -0.2) is 34.7 Å². The molecule has 0 unspecified atom stereocenters. The minimum Gasteiger partial charge on any atom is -0.464 e. The Morgan fingerprint density at radius 2 is 1.52 bits per heavy atom. The molecular formula is C15H28N4O2. The van der Waals surface area contributed by atoms with E-state index in [1.165, 1.54) is 25.7 Å². The summed E-state index contributed by atoms with van der Waals surface area (Å²) in [6, 6.07) is 0.648. The van der Waals surface area contributed by atoms with E-state index in [2.05, 4.69) is 34.1 Å². The highest BCUT2D eigenvalue weighted by molar-refractivity contribution is 5.27. The number of ether oxygens (including phenoxy) is 2. The first-order valence-electron chi connectivity index (χ1n) is 8.05. The number of hydrogen-bond donors (Lipinski definition) is 1. The number of aromatic nitrogens is 3. The fraction of sp³-hybridized carbons (Fsp3) is 0.800. The van der Waals surface area contributed by atoms with Gasteiger partial charge in [0.25, 0.3) is 0 Å². The molecule has 120 valence electrons. The summed E-state index contributed by atoms with van der Waals surface area (Å²) < 4.78 is 11.0. The first-order chi connectivity index (χ1) is 10.3. The van der Waals surface area contributed by atoms with E-state index < -0.39 is 0 Å². The summed E-state index contributed by atoms with van der Waals surface area (Å²) in [5, 5.41) is 3.13. The van der Waals surface area contributed by atoms with E-state index in [9.17, 15) is 0 Å². The van der Waals surface area contributed by atoms with Crippen LogP contribution in [-0.2, 0) is 0 Å². The van der Waals surface area contributed by atoms with Crippen LogP contribution >= 0.6 is 0 Å². The van der Waals surface area contributed by atoms with Crippen molar-refractivity contribution in [2.45, 2.75) is 59.3 Å². The highest BCUT2D eigenvalue weighted by Crippen LogP contribution is 2.13. The lowest BCUT2D eigenvalue weighted by Crippen LogP contribution is -2.10. The van der Waals surface area contributed by atoms with Crippen molar-refractivity contribution in [1.29, 1.82) is 0 Å². The van der Waals surface area contributed by atoms with Gasteiger partial charge in [0.2, 0.25) is 5.95 Å². The smallest absolute Gasteiger partial charge is 0.324 e. The molecule has 0 aliphatic heterocycles. The van der Waals surface area contributed by atoms with E-state index in [1.54, 1.807) is 0 Å². The maximum Gasteiger partial charge on any atom is 0.324 e. The zero-order chi connectivity index (χ0) is 15.3. The first-order valence-corrected chi connectivity index (χ1v) is 8.05. The summed E-state index contributed by atoms with van der Waals surface area (Å²) in [5.74, 6) is 0.510. The van der Waals surface area contributed by atoms with E-state index >= 15 is 0 Å². The van der Waals surface area contributed by atoms with Crippen LogP contribution in [0.4, 0.5) is 5.95 Å². The van der Waals surface area contributed by atoms with E-state index in [0.29, 0.717) is 31.2 Å². The van der Waals surface area contributed by atoms with Crippen molar-refractivity contribution in [3.05, 3.63) is 0 Å². The predicted octanol–water partition coefficient (Wildman–Crippen LogP) is 3.44. The first kappa shape index (κ1) is 17.5. The van der Waals surface area contributed by atoms with Crippen molar-refractivity contribution in [2.75, 3.05) is 25.1 Å². The lowest BCUT2D eigenvalue weighted by Gasteiger charge is -2.09. The van der Waals surface area contributed by atoms with E-state index in [4.69, 9.17) is 9.47 Å². The molecule has 21 heavy (non-hydrogen) atoms. The topological polar surface area (TPSA) is 69.2 Å². The lowest BCUT2D eigenvalue weighted by molar-refractivity contribution is 0.263. The van der Waals surface area contributed by atoms with Gasteiger partial charge in [-0.25, -0.2) is 0 Å². The summed E-state index contributed by atoms with van der Waals surface area (Å²) in [4.78, 5) is 12.6. The SMILES string of the molecule is CCCCCCCOc1nc(NCCC)nc(OCC)n1. The average Bonchev–Trinajstić information content (AvgIpc) is 2.49. The molecule has 1 rings (SSSR count). The van der Waals surface area contributed by atoms with Crippen LogP contribution in [0.1, 0.15) is 59.3 Å². The maximum atomic E-state index is 5.61. The van der Waals surface area contributed by atoms with Gasteiger partial charge in [0.05, 0.1) is 13.2 Å². The maximum absolute atomic E-state index is 5.61. The van der Waals surface area contributed by atoms with Crippen molar-refractivity contribution in [3.63, 3.8) is 0 Å². The molecule has 6 heteroatoms. The second kappa shape index (κ2) is 11.1. The van der Waals surface area contributed by atoms with Crippen LogP contribution in [0.25, 0.3) is 0 Å². The molecule has 0 aliphatic rings. The highest BCUT2D eigenvalue weighted by atomic mass is 16.5. The standard InChI is InChI=1S/C15H28N4O2/c1-4-7-8-9-10-12-21-15-18-13(16-11-5-2)17-14(19-15)20-6-3/h4-12H2,1-3H3,(H,16,17,18,19). The Morgan fingerprint density at radius 1 is 0.810 bits per heavy atom. The highest BCUT2D eigenvalue weighted by Gasteiger charge is 2.08. The Labute approximate surface area is 127 Å². The van der Waals surface area contributed by atoms with E-state index in [1.807, 2.05) is 6.92 Å². The number of rotatable bonds is 12. The zero-order valence-electron chi connectivity index (χ0n) is 13.5. The summed E-state index contributed by atoms with van der Waals surface area (Å²) in [5.41, 5.74) is 0. The van der Waals surface area contributed by atoms with Crippen molar-refractivity contribution in [3.8, 4) is 12.0 Å². The Morgan fingerprint density at radius 3 is 2.19 bits per heavy atom. The summed E-state index contributed by atoms with van der Waals surface area (Å²) >= 11 is 0. The van der Waals surface area contributed by atoms with Crippen molar-refractivity contribution < 1.29 is 9.47 Å². The van der Waals surface area contributed by atoms with Gasteiger partial charge < -0.3 is 14.8 Å². The van der Waals surface area contributed by atoms with Gasteiger partial charge in [0.15, 0.2) is 0 Å². The summed E-state index contributed by atoms with van der Waals surface area (Å²) in [6.45, 7) is 8.16. The van der Waals surface area contributed by atoms with Crippen LogP contribution in [0.2, 0.25) is 0 Å². The van der Waals surface area contributed by atoms with Crippen LogP contribution in [0.3, 0.4) is 0 Å². The number of anilines is 1. The van der Waals surface area contributed by atoms with E-state index in [-0.39, 0.29) is 0 Å². The molecule has 0 saturated carbocycles. The van der Waals surface area contributed by atoms with Crippen molar-refractivity contribution in [2.24, 2.45) is 0 Å². The molecule has 0 saturated heterocycles. The number of nitrogens with zero attached hydrogens (tertiary/aromatic N) is 3.